The summed E-state index contributed by atoms with van der Waals surface area (Å²) in [5, 5.41) is 0. The van der Waals surface area contributed by atoms with Crippen LogP contribution >= 0.6 is 23.5 Å². The van der Waals surface area contributed by atoms with Gasteiger partial charge in [0.05, 0.1) is 13.2 Å². The second kappa shape index (κ2) is 6.62. The lowest BCUT2D eigenvalue weighted by atomic mass is 10.2. The highest BCUT2D eigenvalue weighted by molar-refractivity contribution is 9.10. The highest BCUT2D eigenvalue weighted by Gasteiger charge is 2.36. The van der Waals surface area contributed by atoms with Gasteiger partial charge in [0.15, 0.2) is 0 Å². The predicted octanol–water partition coefficient (Wildman–Crippen LogP) is 4.16. The first-order chi connectivity index (χ1) is 8.44. The third-order valence-electron chi connectivity index (χ3n) is 2.20. The lowest BCUT2D eigenvalue weighted by Gasteiger charge is -2.16. The highest BCUT2D eigenvalue weighted by Crippen LogP contribution is 2.51. The Kier molecular flexibility index (Phi) is 5.73. The van der Waals surface area contributed by atoms with E-state index >= 15 is 0 Å². The fourth-order valence-electron chi connectivity index (χ4n) is 1.44. The zero-order chi connectivity index (χ0) is 13.8. The maximum absolute atomic E-state index is 12.4. The molecule has 0 fully saturated rings. The lowest BCUT2D eigenvalue weighted by Crippen LogP contribution is -2.08. The molecule has 0 aliphatic rings. The van der Waals surface area contributed by atoms with Crippen molar-refractivity contribution in [2.24, 2.45) is 0 Å². The molecular formula is C12H16BrO4P. The number of halogens is 1. The number of benzene rings is 1. The maximum Gasteiger partial charge on any atom is 0.401 e. The van der Waals surface area contributed by atoms with Crippen molar-refractivity contribution in [3.05, 3.63) is 33.8 Å². The molecule has 1 rings (SSSR count). The summed E-state index contributed by atoms with van der Waals surface area (Å²) in [6.45, 7) is 5.52. The topological polar surface area (TPSA) is 52.6 Å². The number of rotatable bonds is 6. The van der Waals surface area contributed by atoms with Crippen LogP contribution in [-0.2, 0) is 13.6 Å². The SMILES string of the molecule is CCOP(=O)(OCC)C(=O)c1cc(C)ccc1Br. The summed E-state index contributed by atoms with van der Waals surface area (Å²) in [5.74, 6) is 0. The van der Waals surface area contributed by atoms with Gasteiger partial charge in [-0.1, -0.05) is 27.6 Å². The van der Waals surface area contributed by atoms with E-state index in [-0.39, 0.29) is 13.2 Å². The summed E-state index contributed by atoms with van der Waals surface area (Å²) in [5.41, 5.74) is 0.614. The minimum absolute atomic E-state index is 0.159. The third-order valence-corrected chi connectivity index (χ3v) is 4.83. The van der Waals surface area contributed by atoms with Crippen molar-refractivity contribution >= 4 is 29.1 Å². The molecular weight excluding hydrogens is 319 g/mol. The van der Waals surface area contributed by atoms with E-state index in [0.717, 1.165) is 5.56 Å². The van der Waals surface area contributed by atoms with Gasteiger partial charge in [-0.05, 0) is 32.9 Å². The Hall–Kier alpha value is -0.480. The second-order valence-corrected chi connectivity index (χ2v) is 6.39. The minimum Gasteiger partial charge on any atom is -0.303 e. The van der Waals surface area contributed by atoms with Gasteiger partial charge in [0.25, 0.3) is 5.52 Å². The number of hydrogen-bond donors (Lipinski definition) is 0. The molecule has 0 aliphatic carbocycles. The van der Waals surface area contributed by atoms with E-state index in [4.69, 9.17) is 9.05 Å². The monoisotopic (exact) mass is 334 g/mol. The molecule has 0 saturated heterocycles. The van der Waals surface area contributed by atoms with Gasteiger partial charge >= 0.3 is 7.60 Å². The Balaban J connectivity index is 3.17. The first-order valence-electron chi connectivity index (χ1n) is 5.64. The Bertz CT molecular complexity index is 477. The molecule has 4 nitrogen and oxygen atoms in total. The molecule has 1 aromatic rings. The standard InChI is InChI=1S/C12H16BrO4P/c1-4-16-18(15,17-5-2)12(14)10-8-9(3)6-7-11(10)13/h6-8H,4-5H2,1-3H3. The highest BCUT2D eigenvalue weighted by atomic mass is 79.9. The molecule has 0 amide bonds. The van der Waals surface area contributed by atoms with E-state index in [9.17, 15) is 9.36 Å². The van der Waals surface area contributed by atoms with Crippen LogP contribution in [0.5, 0.6) is 0 Å². The molecule has 0 unspecified atom stereocenters. The second-order valence-electron chi connectivity index (χ2n) is 3.62. The average molecular weight is 335 g/mol. The van der Waals surface area contributed by atoms with Crippen molar-refractivity contribution in [1.29, 1.82) is 0 Å². The molecule has 6 heteroatoms. The van der Waals surface area contributed by atoms with Crippen molar-refractivity contribution in [2.75, 3.05) is 13.2 Å². The molecule has 0 aliphatic heterocycles. The summed E-state index contributed by atoms with van der Waals surface area (Å²) < 4.78 is 23.0. The van der Waals surface area contributed by atoms with Crippen LogP contribution in [0.3, 0.4) is 0 Å². The van der Waals surface area contributed by atoms with E-state index in [1.165, 1.54) is 0 Å². The normalized spacial score (nSPS) is 11.6. The van der Waals surface area contributed by atoms with Crippen LogP contribution in [0, 0.1) is 6.92 Å². The van der Waals surface area contributed by atoms with E-state index in [1.54, 1.807) is 26.0 Å². The van der Waals surface area contributed by atoms with Crippen LogP contribution in [-0.4, -0.2) is 18.7 Å². The van der Waals surface area contributed by atoms with Crippen molar-refractivity contribution in [3.63, 3.8) is 0 Å². The first-order valence-corrected chi connectivity index (χ1v) is 7.98. The molecule has 18 heavy (non-hydrogen) atoms. The maximum atomic E-state index is 12.4. The van der Waals surface area contributed by atoms with Crippen molar-refractivity contribution in [3.8, 4) is 0 Å². The first kappa shape index (κ1) is 15.6. The Labute approximate surface area is 115 Å². The summed E-state index contributed by atoms with van der Waals surface area (Å²) in [7, 11) is -3.75. The molecule has 0 atom stereocenters. The van der Waals surface area contributed by atoms with Crippen molar-refractivity contribution in [1.82, 2.24) is 0 Å². The van der Waals surface area contributed by atoms with E-state index in [2.05, 4.69) is 15.9 Å². The van der Waals surface area contributed by atoms with Gasteiger partial charge in [0.2, 0.25) is 0 Å². The summed E-state index contributed by atoms with van der Waals surface area (Å²) in [6.07, 6.45) is 0. The van der Waals surface area contributed by atoms with E-state index in [1.807, 2.05) is 13.0 Å². The van der Waals surface area contributed by atoms with E-state index in [0.29, 0.717) is 10.0 Å². The van der Waals surface area contributed by atoms with Gasteiger partial charge < -0.3 is 9.05 Å². The number of aryl methyl sites for hydroxylation is 1. The van der Waals surface area contributed by atoms with Gasteiger partial charge in [-0.15, -0.1) is 0 Å². The van der Waals surface area contributed by atoms with Crippen LogP contribution in [0.4, 0.5) is 0 Å². The van der Waals surface area contributed by atoms with Gasteiger partial charge in [-0.2, -0.15) is 0 Å². The molecule has 0 heterocycles. The fourth-order valence-corrected chi connectivity index (χ4v) is 3.49. The zero-order valence-corrected chi connectivity index (χ0v) is 13.1. The molecule has 1 aromatic carbocycles. The predicted molar refractivity (Wildman–Crippen MR) is 74.1 cm³/mol. The van der Waals surface area contributed by atoms with Gasteiger partial charge in [0, 0.05) is 10.0 Å². The molecule has 0 N–H and O–H groups in total. The zero-order valence-electron chi connectivity index (χ0n) is 10.6. The van der Waals surface area contributed by atoms with Gasteiger partial charge in [-0.3, -0.25) is 9.36 Å². The van der Waals surface area contributed by atoms with Crippen LogP contribution < -0.4 is 0 Å². The van der Waals surface area contributed by atoms with Crippen molar-refractivity contribution in [2.45, 2.75) is 20.8 Å². The average Bonchev–Trinajstić information content (AvgIpc) is 2.32. The number of hydrogen-bond acceptors (Lipinski definition) is 4. The summed E-state index contributed by atoms with van der Waals surface area (Å²) in [4.78, 5) is 12.3. The van der Waals surface area contributed by atoms with Gasteiger partial charge in [-0.25, -0.2) is 0 Å². The molecule has 0 aromatic heterocycles. The third kappa shape index (κ3) is 3.51. The molecule has 100 valence electrons. The summed E-state index contributed by atoms with van der Waals surface area (Å²) in [6, 6.07) is 5.26. The summed E-state index contributed by atoms with van der Waals surface area (Å²) >= 11 is 3.27. The van der Waals surface area contributed by atoms with Crippen LogP contribution in [0.15, 0.2) is 22.7 Å². The molecule has 0 bridgehead atoms. The molecule has 0 saturated carbocycles. The molecule has 0 spiro atoms. The largest absolute Gasteiger partial charge is 0.401 e. The van der Waals surface area contributed by atoms with Gasteiger partial charge in [0.1, 0.15) is 0 Å². The number of carbonyl (C=O) groups is 1. The quantitative estimate of drug-likeness (QED) is 0.733. The minimum atomic E-state index is -3.75. The smallest absolute Gasteiger partial charge is 0.303 e. The van der Waals surface area contributed by atoms with Crippen molar-refractivity contribution < 1.29 is 18.4 Å². The lowest BCUT2D eigenvalue weighted by molar-refractivity contribution is 0.100. The van der Waals surface area contributed by atoms with Crippen LogP contribution in [0.2, 0.25) is 0 Å². The Morgan fingerprint density at radius 1 is 1.28 bits per heavy atom. The fraction of sp³-hybridized carbons (Fsp3) is 0.417. The Morgan fingerprint density at radius 2 is 1.83 bits per heavy atom. The van der Waals surface area contributed by atoms with Crippen LogP contribution in [0.25, 0.3) is 0 Å². The van der Waals surface area contributed by atoms with Crippen LogP contribution in [0.1, 0.15) is 29.8 Å². The number of carbonyl (C=O) groups excluding carboxylic acids is 1. The Morgan fingerprint density at radius 3 is 2.33 bits per heavy atom. The van der Waals surface area contributed by atoms with E-state index < -0.39 is 13.1 Å². The molecule has 0 radical (unpaired) electrons.